The van der Waals surface area contributed by atoms with Gasteiger partial charge in [0.1, 0.15) is 18.8 Å². The van der Waals surface area contributed by atoms with E-state index < -0.39 is 11.7 Å². The molecule has 0 spiro atoms. The molecule has 0 saturated carbocycles. The van der Waals surface area contributed by atoms with E-state index in [0.29, 0.717) is 13.2 Å². The largest absolute Gasteiger partial charge is 0.497 e. The van der Waals surface area contributed by atoms with Crippen molar-refractivity contribution in [3.05, 3.63) is 54.3 Å². The van der Waals surface area contributed by atoms with Crippen LogP contribution in [0.5, 0.6) is 5.75 Å². The summed E-state index contributed by atoms with van der Waals surface area (Å²) in [7, 11) is 1.62. The van der Waals surface area contributed by atoms with Gasteiger partial charge in [0.2, 0.25) is 5.90 Å². The van der Waals surface area contributed by atoms with Crippen molar-refractivity contribution in [3.8, 4) is 5.75 Å². The molecule has 1 N–H and O–H groups in total. The fourth-order valence-corrected chi connectivity index (χ4v) is 1.81. The van der Waals surface area contributed by atoms with Gasteiger partial charge in [-0.15, -0.1) is 0 Å². The van der Waals surface area contributed by atoms with Gasteiger partial charge >= 0.3 is 0 Å². The number of methoxy groups -OCH3 is 1. The Hall–Kier alpha value is -2.89. The third-order valence-corrected chi connectivity index (χ3v) is 3.07. The van der Waals surface area contributed by atoms with E-state index in [4.69, 9.17) is 4.74 Å². The number of ketones is 1. The zero-order valence-electron chi connectivity index (χ0n) is 12.3. The topological polar surface area (TPSA) is 74.5 Å². The van der Waals surface area contributed by atoms with Crippen LogP contribution in [0.15, 0.2) is 58.7 Å². The Morgan fingerprint density at radius 3 is 2.77 bits per heavy atom. The molecule has 0 radical (unpaired) electrons. The summed E-state index contributed by atoms with van der Waals surface area (Å²) in [5.41, 5.74) is 0.990. The van der Waals surface area contributed by atoms with E-state index >= 15 is 0 Å². The molecular weight excluding hydrogens is 282 g/mol. The first-order chi connectivity index (χ1) is 10.6. The minimum Gasteiger partial charge on any atom is -0.497 e. The molecule has 0 atom stereocenters. The second-order valence-electron chi connectivity index (χ2n) is 4.65. The molecule has 1 aliphatic rings. The van der Waals surface area contributed by atoms with Crippen LogP contribution < -0.4 is 4.74 Å². The van der Waals surface area contributed by atoms with Crippen LogP contribution in [0, 0.1) is 0 Å². The van der Waals surface area contributed by atoms with E-state index in [2.05, 4.69) is 16.6 Å². The van der Waals surface area contributed by atoms with Crippen LogP contribution in [-0.2, 0) is 11.3 Å². The Kier molecular flexibility index (Phi) is 5.08. The number of ether oxygens (including phenoxy) is 1. The second-order valence-corrected chi connectivity index (χ2v) is 4.65. The predicted octanol–water partition coefficient (Wildman–Crippen LogP) is 2.09. The molecule has 1 aromatic rings. The summed E-state index contributed by atoms with van der Waals surface area (Å²) in [4.78, 5) is 21.4. The molecule has 6 heteroatoms. The highest BCUT2D eigenvalue weighted by Gasteiger charge is 2.11. The number of aliphatic imine (C=N–C) groups is 2. The summed E-state index contributed by atoms with van der Waals surface area (Å²) in [5.74, 6) is -0.0205. The zero-order chi connectivity index (χ0) is 15.9. The molecule has 0 unspecified atom stereocenters. The van der Waals surface area contributed by atoms with Crippen molar-refractivity contribution in [1.82, 2.24) is 4.90 Å². The van der Waals surface area contributed by atoms with E-state index in [9.17, 15) is 9.90 Å². The van der Waals surface area contributed by atoms with Crippen LogP contribution in [0.3, 0.4) is 0 Å². The number of hydrogen-bond acceptors (Lipinski definition) is 5. The summed E-state index contributed by atoms with van der Waals surface area (Å²) in [5, 5.41) is 9.50. The lowest BCUT2D eigenvalue weighted by atomic mass is 10.2. The summed E-state index contributed by atoms with van der Waals surface area (Å²) < 4.78 is 5.12. The molecule has 0 saturated heterocycles. The summed E-state index contributed by atoms with van der Waals surface area (Å²) >= 11 is 0. The molecule has 1 aromatic carbocycles. The van der Waals surface area contributed by atoms with Crippen LogP contribution in [0.4, 0.5) is 0 Å². The molecular formula is C16H17N3O3. The number of benzene rings is 1. The molecule has 0 fully saturated rings. The third-order valence-electron chi connectivity index (χ3n) is 3.07. The van der Waals surface area contributed by atoms with Gasteiger partial charge in [0.25, 0.3) is 0 Å². The Labute approximate surface area is 128 Å². The van der Waals surface area contributed by atoms with Crippen LogP contribution >= 0.6 is 0 Å². The Bertz CT molecular complexity index is 645. The average molecular weight is 299 g/mol. The van der Waals surface area contributed by atoms with Gasteiger partial charge in [-0.1, -0.05) is 18.7 Å². The molecule has 0 aromatic heterocycles. The van der Waals surface area contributed by atoms with Crippen molar-refractivity contribution in [2.24, 2.45) is 9.98 Å². The monoisotopic (exact) mass is 299 g/mol. The molecule has 2 rings (SSSR count). The Morgan fingerprint density at radius 2 is 2.09 bits per heavy atom. The first kappa shape index (κ1) is 15.5. The number of allylic oxidation sites excluding steroid dienone is 1. The van der Waals surface area contributed by atoms with Crippen LogP contribution in [-0.4, -0.2) is 41.8 Å². The highest BCUT2D eigenvalue weighted by molar-refractivity contribution is 6.23. The van der Waals surface area contributed by atoms with Gasteiger partial charge in [0.05, 0.1) is 12.7 Å². The summed E-state index contributed by atoms with van der Waals surface area (Å²) in [6.07, 6.45) is 4.19. The quantitative estimate of drug-likeness (QED) is 0.867. The van der Waals surface area contributed by atoms with Crippen molar-refractivity contribution in [2.75, 3.05) is 13.8 Å². The molecule has 0 amide bonds. The lowest BCUT2D eigenvalue weighted by molar-refractivity contribution is -0.111. The Balaban J connectivity index is 2.14. The number of carbonyl (C=O) groups excluding carboxylic acids is 1. The number of aliphatic hydroxyl groups is 1. The van der Waals surface area contributed by atoms with Crippen LogP contribution in [0.2, 0.25) is 0 Å². The summed E-state index contributed by atoms with van der Waals surface area (Å²) in [6, 6.07) is 7.64. The molecule has 0 aliphatic carbocycles. The SMILES string of the molecule is C=C1C(=O)/C=C\N(Cc2ccc(OC)cc2)C/N=C\N=C/1O. The normalized spacial score (nSPS) is 21.0. The van der Waals surface area contributed by atoms with Crippen molar-refractivity contribution >= 4 is 18.0 Å². The zero-order valence-corrected chi connectivity index (χ0v) is 12.3. The van der Waals surface area contributed by atoms with Gasteiger partial charge in [-0.3, -0.25) is 9.79 Å². The first-order valence-electron chi connectivity index (χ1n) is 6.64. The fourth-order valence-electron chi connectivity index (χ4n) is 1.81. The first-order valence-corrected chi connectivity index (χ1v) is 6.64. The molecule has 22 heavy (non-hydrogen) atoms. The number of carbonyl (C=O) groups is 1. The maximum Gasteiger partial charge on any atom is 0.223 e. The van der Waals surface area contributed by atoms with Gasteiger partial charge in [-0.25, -0.2) is 4.99 Å². The van der Waals surface area contributed by atoms with Gasteiger partial charge in [-0.05, 0) is 17.7 Å². The minimum absolute atomic E-state index is 0.0611. The lowest BCUT2D eigenvalue weighted by Gasteiger charge is -2.18. The molecule has 1 aliphatic heterocycles. The number of rotatable bonds is 3. The fraction of sp³-hybridized carbons (Fsp3) is 0.188. The molecule has 1 heterocycles. The second kappa shape index (κ2) is 7.21. The smallest absolute Gasteiger partial charge is 0.223 e. The van der Waals surface area contributed by atoms with Gasteiger partial charge < -0.3 is 14.7 Å². The minimum atomic E-state index is -0.415. The van der Waals surface area contributed by atoms with E-state index in [0.717, 1.165) is 11.3 Å². The van der Waals surface area contributed by atoms with E-state index in [1.165, 1.54) is 12.4 Å². The standard InChI is InChI=1S/C16H17N3O3/c1-12-15(20)7-8-19(11-17-10-18-16(12)21)9-13-3-5-14(22-2)6-4-13/h3-8,10H,1,9,11H2,2H3,(H,17,18,21)/b8-7-. The number of aliphatic hydroxyl groups excluding tert-OH is 1. The maximum atomic E-state index is 11.8. The van der Waals surface area contributed by atoms with Crippen molar-refractivity contribution in [2.45, 2.75) is 6.54 Å². The average Bonchev–Trinajstić information content (AvgIpc) is 2.54. The summed E-state index contributed by atoms with van der Waals surface area (Å²) in [6.45, 7) is 4.40. The number of nitrogens with zero attached hydrogens (tertiary/aromatic N) is 3. The lowest BCUT2D eigenvalue weighted by Crippen LogP contribution is -2.19. The number of hydrogen-bond donors (Lipinski definition) is 1. The van der Waals surface area contributed by atoms with Gasteiger partial charge in [0, 0.05) is 18.8 Å². The van der Waals surface area contributed by atoms with Crippen molar-refractivity contribution in [3.63, 3.8) is 0 Å². The van der Waals surface area contributed by atoms with E-state index in [1.807, 2.05) is 29.2 Å². The van der Waals surface area contributed by atoms with E-state index in [-0.39, 0.29) is 5.57 Å². The Morgan fingerprint density at radius 1 is 1.36 bits per heavy atom. The molecule has 114 valence electrons. The van der Waals surface area contributed by atoms with Crippen molar-refractivity contribution in [1.29, 1.82) is 0 Å². The van der Waals surface area contributed by atoms with Crippen molar-refractivity contribution < 1.29 is 14.6 Å². The van der Waals surface area contributed by atoms with Crippen LogP contribution in [0.25, 0.3) is 0 Å². The highest BCUT2D eigenvalue weighted by Crippen LogP contribution is 2.13. The predicted molar refractivity (Wildman–Crippen MR) is 85.2 cm³/mol. The third kappa shape index (κ3) is 4.05. The molecule has 6 nitrogen and oxygen atoms in total. The molecule has 0 bridgehead atoms. The van der Waals surface area contributed by atoms with E-state index in [1.54, 1.807) is 13.3 Å². The maximum absolute atomic E-state index is 11.8. The van der Waals surface area contributed by atoms with Gasteiger partial charge in [-0.2, -0.15) is 0 Å². The highest BCUT2D eigenvalue weighted by atomic mass is 16.5. The van der Waals surface area contributed by atoms with Gasteiger partial charge in [0.15, 0.2) is 5.78 Å². The van der Waals surface area contributed by atoms with Crippen LogP contribution in [0.1, 0.15) is 5.56 Å².